The third-order valence-corrected chi connectivity index (χ3v) is 2.00. The molecule has 0 saturated heterocycles. The number of aromatic nitrogens is 1. The summed E-state index contributed by atoms with van der Waals surface area (Å²) in [7, 11) is 0. The van der Waals surface area contributed by atoms with E-state index in [2.05, 4.69) is 12.1 Å². The number of rotatable bonds is 6. The van der Waals surface area contributed by atoms with Crippen molar-refractivity contribution in [1.29, 1.82) is 0 Å². The van der Waals surface area contributed by atoms with E-state index in [0.29, 0.717) is 6.42 Å². The quantitative estimate of drug-likeness (QED) is 0.685. The molecule has 0 unspecified atom stereocenters. The molecule has 0 saturated carbocycles. The van der Waals surface area contributed by atoms with E-state index in [-0.39, 0.29) is 6.61 Å². The van der Waals surface area contributed by atoms with Crippen molar-refractivity contribution in [2.75, 3.05) is 6.61 Å². The van der Waals surface area contributed by atoms with Crippen LogP contribution in [0.3, 0.4) is 0 Å². The summed E-state index contributed by atoms with van der Waals surface area (Å²) < 4.78 is 5.03. The van der Waals surface area contributed by atoms with E-state index >= 15 is 0 Å². The lowest BCUT2D eigenvalue weighted by Crippen LogP contribution is -1.87. The van der Waals surface area contributed by atoms with Gasteiger partial charge in [-0.1, -0.05) is 24.9 Å². The van der Waals surface area contributed by atoms with Gasteiger partial charge in [-0.25, -0.2) is 0 Å². The molecular weight excluding hydrogens is 166 g/mol. The minimum atomic E-state index is 0.129. The highest BCUT2D eigenvalue weighted by Gasteiger charge is 2.02. The Kier molecular flexibility index (Phi) is 4.54. The second-order valence-electron chi connectivity index (χ2n) is 3.22. The number of hydrogen-bond acceptors (Lipinski definition) is 3. The molecule has 0 aliphatic carbocycles. The SMILES string of the molecule is CCCCCc1cc(CCO)on1. The average Bonchev–Trinajstić information content (AvgIpc) is 2.54. The zero-order chi connectivity index (χ0) is 9.52. The van der Waals surface area contributed by atoms with Gasteiger partial charge >= 0.3 is 0 Å². The van der Waals surface area contributed by atoms with Crippen molar-refractivity contribution in [3.05, 3.63) is 17.5 Å². The highest BCUT2D eigenvalue weighted by Crippen LogP contribution is 2.08. The lowest BCUT2D eigenvalue weighted by Gasteiger charge is -1.92. The fourth-order valence-electron chi connectivity index (χ4n) is 1.26. The number of nitrogens with zero attached hydrogens (tertiary/aromatic N) is 1. The maximum Gasteiger partial charge on any atom is 0.139 e. The third kappa shape index (κ3) is 3.59. The summed E-state index contributed by atoms with van der Waals surface area (Å²) in [5.41, 5.74) is 1.01. The Labute approximate surface area is 78.7 Å². The molecule has 3 nitrogen and oxygen atoms in total. The second kappa shape index (κ2) is 5.75. The summed E-state index contributed by atoms with van der Waals surface area (Å²) in [5.74, 6) is 0.786. The first kappa shape index (κ1) is 10.3. The van der Waals surface area contributed by atoms with Crippen LogP contribution in [0.25, 0.3) is 0 Å². The van der Waals surface area contributed by atoms with Gasteiger partial charge < -0.3 is 9.63 Å². The van der Waals surface area contributed by atoms with Gasteiger partial charge in [0.25, 0.3) is 0 Å². The molecule has 1 rings (SSSR count). The van der Waals surface area contributed by atoms with Gasteiger partial charge in [-0.2, -0.15) is 0 Å². The zero-order valence-corrected chi connectivity index (χ0v) is 8.12. The molecular formula is C10H17NO2. The summed E-state index contributed by atoms with van der Waals surface area (Å²) in [4.78, 5) is 0. The van der Waals surface area contributed by atoms with Crippen LogP contribution >= 0.6 is 0 Å². The van der Waals surface area contributed by atoms with E-state index in [1.165, 1.54) is 19.3 Å². The predicted octanol–water partition coefficient (Wildman–Crippen LogP) is 1.94. The molecule has 1 aromatic rings. The summed E-state index contributed by atoms with van der Waals surface area (Å²) in [5, 5.41) is 12.6. The number of hydrogen-bond donors (Lipinski definition) is 1. The Hall–Kier alpha value is -0.830. The molecule has 0 atom stereocenters. The molecule has 1 heterocycles. The summed E-state index contributed by atoms with van der Waals surface area (Å²) >= 11 is 0. The van der Waals surface area contributed by atoms with E-state index in [1.807, 2.05) is 6.07 Å². The van der Waals surface area contributed by atoms with Crippen molar-refractivity contribution in [3.8, 4) is 0 Å². The molecule has 0 spiro atoms. The average molecular weight is 183 g/mol. The highest BCUT2D eigenvalue weighted by molar-refractivity contribution is 5.05. The van der Waals surface area contributed by atoms with Crippen molar-refractivity contribution in [2.45, 2.75) is 39.0 Å². The van der Waals surface area contributed by atoms with Crippen LogP contribution in [0.15, 0.2) is 10.6 Å². The fourth-order valence-corrected chi connectivity index (χ4v) is 1.26. The van der Waals surface area contributed by atoms with E-state index in [4.69, 9.17) is 9.63 Å². The van der Waals surface area contributed by atoms with Crippen LogP contribution in [-0.4, -0.2) is 16.9 Å². The molecule has 13 heavy (non-hydrogen) atoms. The molecule has 0 aliphatic heterocycles. The van der Waals surface area contributed by atoms with Crippen LogP contribution in [0, 0.1) is 0 Å². The molecule has 0 bridgehead atoms. The molecule has 1 aromatic heterocycles. The lowest BCUT2D eigenvalue weighted by molar-refractivity contribution is 0.276. The Morgan fingerprint density at radius 2 is 2.23 bits per heavy atom. The monoisotopic (exact) mass is 183 g/mol. The Morgan fingerprint density at radius 3 is 2.92 bits per heavy atom. The van der Waals surface area contributed by atoms with Crippen LogP contribution < -0.4 is 0 Å². The van der Waals surface area contributed by atoms with Gasteiger partial charge in [0.15, 0.2) is 0 Å². The largest absolute Gasteiger partial charge is 0.396 e. The maximum absolute atomic E-state index is 8.66. The predicted molar refractivity (Wildman–Crippen MR) is 50.5 cm³/mol. The Morgan fingerprint density at radius 1 is 1.38 bits per heavy atom. The van der Waals surface area contributed by atoms with Gasteiger partial charge in [-0.15, -0.1) is 0 Å². The third-order valence-electron chi connectivity index (χ3n) is 2.00. The van der Waals surface area contributed by atoms with Crippen LogP contribution in [0.4, 0.5) is 0 Å². The minimum absolute atomic E-state index is 0.129. The first-order valence-corrected chi connectivity index (χ1v) is 4.92. The van der Waals surface area contributed by atoms with E-state index in [1.54, 1.807) is 0 Å². The molecule has 0 fully saturated rings. The maximum atomic E-state index is 8.66. The van der Waals surface area contributed by atoms with E-state index in [0.717, 1.165) is 17.9 Å². The second-order valence-corrected chi connectivity index (χ2v) is 3.22. The van der Waals surface area contributed by atoms with E-state index < -0.39 is 0 Å². The van der Waals surface area contributed by atoms with Gasteiger partial charge in [0.05, 0.1) is 12.3 Å². The fraction of sp³-hybridized carbons (Fsp3) is 0.700. The summed E-state index contributed by atoms with van der Waals surface area (Å²) in [6.45, 7) is 2.31. The Balaban J connectivity index is 2.31. The first-order chi connectivity index (χ1) is 6.36. The topological polar surface area (TPSA) is 46.3 Å². The van der Waals surface area contributed by atoms with Gasteiger partial charge in [0, 0.05) is 12.5 Å². The summed E-state index contributed by atoms with van der Waals surface area (Å²) in [6.07, 6.45) is 5.19. The number of aliphatic hydroxyl groups excluding tert-OH is 1. The molecule has 0 aromatic carbocycles. The molecule has 0 amide bonds. The highest BCUT2D eigenvalue weighted by atomic mass is 16.5. The minimum Gasteiger partial charge on any atom is -0.396 e. The van der Waals surface area contributed by atoms with Gasteiger partial charge in [0.1, 0.15) is 5.76 Å². The van der Waals surface area contributed by atoms with E-state index in [9.17, 15) is 0 Å². The first-order valence-electron chi connectivity index (χ1n) is 4.92. The summed E-state index contributed by atoms with van der Waals surface area (Å²) in [6, 6.07) is 1.94. The molecule has 3 heteroatoms. The number of unbranched alkanes of at least 4 members (excludes halogenated alkanes) is 2. The molecule has 74 valence electrons. The lowest BCUT2D eigenvalue weighted by atomic mass is 10.1. The van der Waals surface area contributed by atoms with Crippen molar-refractivity contribution >= 4 is 0 Å². The van der Waals surface area contributed by atoms with Gasteiger partial charge in [0.2, 0.25) is 0 Å². The van der Waals surface area contributed by atoms with Crippen LogP contribution in [0.2, 0.25) is 0 Å². The molecule has 0 aliphatic rings. The van der Waals surface area contributed by atoms with Crippen molar-refractivity contribution < 1.29 is 9.63 Å². The standard InChI is InChI=1S/C10H17NO2/c1-2-3-4-5-9-8-10(6-7-12)13-11-9/h8,12H,2-7H2,1H3. The van der Waals surface area contributed by atoms with Gasteiger partial charge in [-0.05, 0) is 12.8 Å². The Bertz CT molecular complexity index is 233. The van der Waals surface area contributed by atoms with Gasteiger partial charge in [-0.3, -0.25) is 0 Å². The van der Waals surface area contributed by atoms with Crippen molar-refractivity contribution in [1.82, 2.24) is 5.16 Å². The van der Waals surface area contributed by atoms with Crippen LogP contribution in [0.1, 0.15) is 37.6 Å². The van der Waals surface area contributed by atoms with Crippen LogP contribution in [-0.2, 0) is 12.8 Å². The number of aliphatic hydroxyl groups is 1. The molecule has 0 radical (unpaired) electrons. The number of aryl methyl sites for hydroxylation is 1. The van der Waals surface area contributed by atoms with Crippen LogP contribution in [0.5, 0.6) is 0 Å². The zero-order valence-electron chi connectivity index (χ0n) is 8.12. The molecule has 1 N–H and O–H groups in total. The van der Waals surface area contributed by atoms with Crippen molar-refractivity contribution in [2.24, 2.45) is 0 Å². The smallest absolute Gasteiger partial charge is 0.139 e. The van der Waals surface area contributed by atoms with Crippen molar-refractivity contribution in [3.63, 3.8) is 0 Å². The normalized spacial score (nSPS) is 10.6.